The maximum Gasteiger partial charge on any atom is 0.230 e. The Labute approximate surface area is 120 Å². The highest BCUT2D eigenvalue weighted by Crippen LogP contribution is 2.51. The minimum Gasteiger partial charge on any atom is -0.480 e. The van der Waals surface area contributed by atoms with Crippen LogP contribution in [0.2, 0.25) is 0 Å². The third-order valence-corrected chi connectivity index (χ3v) is 5.31. The molecule has 108 valence electrons. The highest BCUT2D eigenvalue weighted by Gasteiger charge is 2.44. The van der Waals surface area contributed by atoms with Crippen molar-refractivity contribution in [2.75, 3.05) is 32.6 Å². The van der Waals surface area contributed by atoms with E-state index in [4.69, 9.17) is 4.74 Å². The van der Waals surface area contributed by atoms with Crippen LogP contribution >= 0.6 is 11.3 Å². The van der Waals surface area contributed by atoms with Gasteiger partial charge in [0.1, 0.15) is 0 Å². The normalized spacial score (nSPS) is 16.7. The van der Waals surface area contributed by atoms with Gasteiger partial charge in [-0.15, -0.1) is 0 Å². The second-order valence-corrected chi connectivity index (χ2v) is 7.01. The fourth-order valence-electron chi connectivity index (χ4n) is 2.33. The zero-order chi connectivity index (χ0) is 14.0. The zero-order valence-corrected chi connectivity index (χ0v) is 13.4. The van der Waals surface area contributed by atoms with Gasteiger partial charge in [-0.3, -0.25) is 0 Å². The van der Waals surface area contributed by atoms with Gasteiger partial charge in [-0.1, -0.05) is 25.2 Å². The number of thiazole rings is 1. The van der Waals surface area contributed by atoms with Crippen LogP contribution in [0.5, 0.6) is 5.88 Å². The van der Waals surface area contributed by atoms with E-state index in [-0.39, 0.29) is 0 Å². The average Bonchev–Trinajstić information content (AvgIpc) is 3.03. The van der Waals surface area contributed by atoms with Crippen molar-refractivity contribution in [2.45, 2.75) is 33.2 Å². The molecular formula is C14H25N3OS. The van der Waals surface area contributed by atoms with Crippen molar-refractivity contribution < 1.29 is 4.74 Å². The molecule has 1 aliphatic rings. The van der Waals surface area contributed by atoms with Gasteiger partial charge in [0, 0.05) is 27.2 Å². The summed E-state index contributed by atoms with van der Waals surface area (Å²) in [6.45, 7) is 6.60. The van der Waals surface area contributed by atoms with Crippen LogP contribution in [0.1, 0.15) is 31.6 Å². The molecule has 0 radical (unpaired) electrons. The Kier molecular flexibility index (Phi) is 4.36. The summed E-state index contributed by atoms with van der Waals surface area (Å²) in [7, 11) is 5.70. The molecular weight excluding hydrogens is 258 g/mol. The van der Waals surface area contributed by atoms with Crippen molar-refractivity contribution in [2.24, 2.45) is 11.3 Å². The van der Waals surface area contributed by atoms with Gasteiger partial charge in [0.15, 0.2) is 5.13 Å². The molecule has 1 aliphatic carbocycles. The number of nitrogens with one attached hydrogen (secondary N) is 1. The summed E-state index contributed by atoms with van der Waals surface area (Å²) in [5, 5.41) is 4.58. The first-order valence-corrected chi connectivity index (χ1v) is 7.72. The quantitative estimate of drug-likeness (QED) is 0.835. The predicted octanol–water partition coefficient (Wildman–Crippen LogP) is 2.74. The number of anilines is 1. The summed E-state index contributed by atoms with van der Waals surface area (Å²) in [5.74, 6) is 1.52. The third kappa shape index (κ3) is 3.20. The summed E-state index contributed by atoms with van der Waals surface area (Å²) in [4.78, 5) is 7.68. The van der Waals surface area contributed by atoms with Crippen LogP contribution in [0, 0.1) is 11.3 Å². The lowest BCUT2D eigenvalue weighted by Crippen LogP contribution is -2.27. The maximum absolute atomic E-state index is 5.35. The van der Waals surface area contributed by atoms with Gasteiger partial charge < -0.3 is 15.0 Å². The van der Waals surface area contributed by atoms with Gasteiger partial charge in [-0.05, 0) is 24.2 Å². The molecule has 0 amide bonds. The lowest BCUT2D eigenvalue weighted by atomic mass is 9.92. The van der Waals surface area contributed by atoms with Crippen molar-refractivity contribution in [1.82, 2.24) is 10.3 Å². The Morgan fingerprint density at radius 2 is 2.11 bits per heavy atom. The molecule has 5 heteroatoms. The summed E-state index contributed by atoms with van der Waals surface area (Å²) >= 11 is 1.70. The highest BCUT2D eigenvalue weighted by molar-refractivity contribution is 7.15. The Hall–Kier alpha value is -0.810. The molecule has 0 bridgehead atoms. The Morgan fingerprint density at radius 3 is 2.58 bits per heavy atom. The lowest BCUT2D eigenvalue weighted by Gasteiger charge is -2.19. The first-order chi connectivity index (χ1) is 8.98. The topological polar surface area (TPSA) is 37.4 Å². The van der Waals surface area contributed by atoms with E-state index < -0.39 is 0 Å². The van der Waals surface area contributed by atoms with Crippen LogP contribution in [-0.4, -0.2) is 32.7 Å². The second kappa shape index (κ2) is 5.67. The van der Waals surface area contributed by atoms with Gasteiger partial charge >= 0.3 is 0 Å². The molecule has 1 saturated carbocycles. The molecule has 0 aliphatic heterocycles. The largest absolute Gasteiger partial charge is 0.480 e. The van der Waals surface area contributed by atoms with Gasteiger partial charge in [0.2, 0.25) is 5.88 Å². The average molecular weight is 283 g/mol. The molecule has 1 N–H and O–H groups in total. The van der Waals surface area contributed by atoms with Crippen molar-refractivity contribution in [1.29, 1.82) is 0 Å². The monoisotopic (exact) mass is 283 g/mol. The minimum atomic E-state index is 0.544. The van der Waals surface area contributed by atoms with E-state index in [0.717, 1.165) is 30.0 Å². The van der Waals surface area contributed by atoms with E-state index >= 15 is 0 Å². The van der Waals surface area contributed by atoms with E-state index in [0.29, 0.717) is 5.41 Å². The molecule has 1 aromatic heterocycles. The molecule has 2 rings (SSSR count). The summed E-state index contributed by atoms with van der Waals surface area (Å²) < 4.78 is 5.35. The minimum absolute atomic E-state index is 0.544. The van der Waals surface area contributed by atoms with Gasteiger partial charge in [-0.25, -0.2) is 0 Å². The SMILES string of the molecule is COc1nc(N(C)C)sc1CNCC1(C(C)C)CC1. The first-order valence-electron chi connectivity index (χ1n) is 6.90. The third-order valence-electron chi connectivity index (χ3n) is 4.11. The molecule has 0 unspecified atom stereocenters. The molecule has 1 fully saturated rings. The molecule has 0 spiro atoms. The number of methoxy groups -OCH3 is 1. The molecule has 19 heavy (non-hydrogen) atoms. The standard InChI is InChI=1S/C14H25N3OS/c1-10(2)14(6-7-14)9-15-8-11-12(18-5)16-13(19-11)17(3)4/h10,15H,6-9H2,1-5H3. The van der Waals surface area contributed by atoms with Gasteiger partial charge in [0.05, 0.1) is 12.0 Å². The molecule has 1 aromatic rings. The van der Waals surface area contributed by atoms with E-state index in [9.17, 15) is 0 Å². The van der Waals surface area contributed by atoms with E-state index in [1.807, 2.05) is 19.0 Å². The first kappa shape index (κ1) is 14.6. The fourth-order valence-corrected chi connectivity index (χ4v) is 3.25. The molecule has 1 heterocycles. The zero-order valence-electron chi connectivity index (χ0n) is 12.6. The van der Waals surface area contributed by atoms with Crippen molar-refractivity contribution >= 4 is 16.5 Å². The van der Waals surface area contributed by atoms with Gasteiger partial charge in [0.25, 0.3) is 0 Å². The maximum atomic E-state index is 5.35. The number of nitrogens with zero attached hydrogens (tertiary/aromatic N) is 2. The number of aromatic nitrogens is 1. The summed E-state index contributed by atoms with van der Waals surface area (Å²) in [6, 6.07) is 0. The second-order valence-electron chi connectivity index (χ2n) is 5.94. The van der Waals surface area contributed by atoms with Crippen molar-refractivity contribution in [3.8, 4) is 5.88 Å². The van der Waals surface area contributed by atoms with Crippen LogP contribution < -0.4 is 15.0 Å². The summed E-state index contributed by atoms with van der Waals surface area (Å²) in [6.07, 6.45) is 2.72. The fraction of sp³-hybridized carbons (Fsp3) is 0.786. The molecule has 0 aromatic carbocycles. The number of ether oxygens (including phenoxy) is 1. The van der Waals surface area contributed by atoms with E-state index in [1.54, 1.807) is 18.4 Å². The smallest absolute Gasteiger partial charge is 0.230 e. The van der Waals surface area contributed by atoms with Gasteiger partial charge in [-0.2, -0.15) is 4.98 Å². The molecule has 4 nitrogen and oxygen atoms in total. The van der Waals surface area contributed by atoms with Crippen LogP contribution in [0.25, 0.3) is 0 Å². The Bertz CT molecular complexity index is 424. The molecule has 0 saturated heterocycles. The van der Waals surface area contributed by atoms with Crippen LogP contribution in [0.3, 0.4) is 0 Å². The number of hydrogen-bond acceptors (Lipinski definition) is 5. The lowest BCUT2D eigenvalue weighted by molar-refractivity contribution is 0.336. The molecule has 0 atom stereocenters. The van der Waals surface area contributed by atoms with Crippen molar-refractivity contribution in [3.05, 3.63) is 4.88 Å². The Morgan fingerprint density at radius 1 is 1.42 bits per heavy atom. The van der Waals surface area contributed by atoms with E-state index in [2.05, 4.69) is 24.1 Å². The Balaban J connectivity index is 1.92. The van der Waals surface area contributed by atoms with E-state index in [1.165, 1.54) is 17.7 Å². The number of hydrogen-bond donors (Lipinski definition) is 1. The summed E-state index contributed by atoms with van der Waals surface area (Å²) in [5.41, 5.74) is 0.544. The van der Waals surface area contributed by atoms with Crippen LogP contribution in [0.4, 0.5) is 5.13 Å². The van der Waals surface area contributed by atoms with Crippen LogP contribution in [0.15, 0.2) is 0 Å². The number of rotatable bonds is 7. The van der Waals surface area contributed by atoms with Crippen molar-refractivity contribution in [3.63, 3.8) is 0 Å². The predicted molar refractivity (Wildman–Crippen MR) is 81.2 cm³/mol. The van der Waals surface area contributed by atoms with Crippen LogP contribution in [-0.2, 0) is 6.54 Å². The highest BCUT2D eigenvalue weighted by atomic mass is 32.1.